The molecule has 3 heterocycles. The summed E-state index contributed by atoms with van der Waals surface area (Å²) in [5.41, 5.74) is 0.524. The van der Waals surface area contributed by atoms with E-state index in [-0.39, 0.29) is 30.8 Å². The zero-order chi connectivity index (χ0) is 19.7. The van der Waals surface area contributed by atoms with Crippen molar-refractivity contribution in [2.24, 2.45) is 0 Å². The normalized spacial score (nSPS) is 18.9. The number of morpholine rings is 1. The van der Waals surface area contributed by atoms with Crippen LogP contribution in [-0.4, -0.2) is 78.0 Å². The van der Waals surface area contributed by atoms with Gasteiger partial charge in [-0.2, -0.15) is 9.40 Å². The third-order valence-corrected chi connectivity index (χ3v) is 7.48. The summed E-state index contributed by atoms with van der Waals surface area (Å²) >= 11 is 0. The standard InChI is InChI=1S/C18H22N4O5S/c23-17-11-19-22(16-4-2-1-3-15(16)17)6-5-18(24)20-12-14(13-20)28(25,26)21-7-9-27-10-8-21/h1-4,11,14H,5-10,12-13H2. The van der Waals surface area contributed by atoms with Gasteiger partial charge in [0.15, 0.2) is 0 Å². The summed E-state index contributed by atoms with van der Waals surface area (Å²) in [7, 11) is -3.39. The van der Waals surface area contributed by atoms with Crippen molar-refractivity contribution < 1.29 is 17.9 Å². The van der Waals surface area contributed by atoms with Crippen LogP contribution in [0, 0.1) is 0 Å². The summed E-state index contributed by atoms with van der Waals surface area (Å²) < 4.78 is 33.5. The summed E-state index contributed by atoms with van der Waals surface area (Å²) in [6.07, 6.45) is 1.45. The highest BCUT2D eigenvalue weighted by Crippen LogP contribution is 2.22. The maximum Gasteiger partial charge on any atom is 0.224 e. The number of hydrogen-bond acceptors (Lipinski definition) is 6. The molecule has 2 saturated heterocycles. The molecule has 10 heteroatoms. The maximum atomic E-state index is 12.6. The van der Waals surface area contributed by atoms with Gasteiger partial charge >= 0.3 is 0 Å². The smallest absolute Gasteiger partial charge is 0.224 e. The number of ether oxygens (including phenoxy) is 1. The van der Waals surface area contributed by atoms with E-state index in [0.29, 0.717) is 43.8 Å². The van der Waals surface area contributed by atoms with Crippen molar-refractivity contribution in [3.63, 3.8) is 0 Å². The van der Waals surface area contributed by atoms with Crippen molar-refractivity contribution >= 4 is 26.8 Å². The summed E-state index contributed by atoms with van der Waals surface area (Å²) in [5, 5.41) is 4.14. The highest BCUT2D eigenvalue weighted by atomic mass is 32.2. The van der Waals surface area contributed by atoms with Crippen molar-refractivity contribution in [2.75, 3.05) is 39.4 Å². The summed E-state index contributed by atoms with van der Waals surface area (Å²) in [6, 6.07) is 7.13. The van der Waals surface area contributed by atoms with E-state index in [0.717, 1.165) is 0 Å². The highest BCUT2D eigenvalue weighted by Gasteiger charge is 2.42. The number of rotatable bonds is 5. The zero-order valence-electron chi connectivity index (χ0n) is 15.4. The quantitative estimate of drug-likeness (QED) is 0.673. The van der Waals surface area contributed by atoms with Crippen LogP contribution in [0.3, 0.4) is 0 Å². The SMILES string of the molecule is O=C(CCn1ncc(=O)c2ccccc21)N1CC(S(=O)(=O)N2CCOCC2)C1. The molecule has 0 unspecified atom stereocenters. The fourth-order valence-corrected chi connectivity index (χ4v) is 5.36. The molecule has 0 spiro atoms. The van der Waals surface area contributed by atoms with Gasteiger partial charge in [0.05, 0.1) is 31.5 Å². The number of aryl methyl sites for hydroxylation is 1. The monoisotopic (exact) mass is 406 g/mol. The van der Waals surface area contributed by atoms with Gasteiger partial charge in [0.2, 0.25) is 21.4 Å². The number of carbonyl (C=O) groups excluding carboxylic acids is 1. The largest absolute Gasteiger partial charge is 0.379 e. The predicted molar refractivity (Wildman–Crippen MR) is 102 cm³/mol. The van der Waals surface area contributed by atoms with Crippen LogP contribution >= 0.6 is 0 Å². The number of fused-ring (bicyclic) bond motifs is 1. The first-order valence-electron chi connectivity index (χ1n) is 9.26. The zero-order valence-corrected chi connectivity index (χ0v) is 16.2. The Labute approximate surface area is 162 Å². The van der Waals surface area contributed by atoms with Crippen LogP contribution < -0.4 is 5.43 Å². The molecule has 2 aliphatic rings. The molecule has 9 nitrogen and oxygen atoms in total. The second-order valence-corrected chi connectivity index (χ2v) is 9.19. The lowest BCUT2D eigenvalue weighted by Gasteiger charge is -2.41. The first kappa shape index (κ1) is 19.0. The van der Waals surface area contributed by atoms with E-state index in [2.05, 4.69) is 5.10 Å². The van der Waals surface area contributed by atoms with Crippen LogP contribution in [0.15, 0.2) is 35.3 Å². The van der Waals surface area contributed by atoms with Gasteiger partial charge in [-0.25, -0.2) is 8.42 Å². The van der Waals surface area contributed by atoms with Crippen LogP contribution in [0.25, 0.3) is 10.9 Å². The van der Waals surface area contributed by atoms with Crippen molar-refractivity contribution in [2.45, 2.75) is 18.2 Å². The number of sulfonamides is 1. The molecule has 0 atom stereocenters. The van der Waals surface area contributed by atoms with Gasteiger partial charge in [0, 0.05) is 38.0 Å². The highest BCUT2D eigenvalue weighted by molar-refractivity contribution is 7.89. The van der Waals surface area contributed by atoms with E-state index in [1.807, 2.05) is 6.07 Å². The lowest BCUT2D eigenvalue weighted by molar-refractivity contribution is -0.134. The predicted octanol–water partition coefficient (Wildman–Crippen LogP) is -0.341. The van der Waals surface area contributed by atoms with Crippen LogP contribution in [0.4, 0.5) is 0 Å². The molecular weight excluding hydrogens is 384 g/mol. The number of nitrogens with zero attached hydrogens (tertiary/aromatic N) is 4. The van der Waals surface area contributed by atoms with E-state index in [1.165, 1.54) is 10.5 Å². The molecule has 1 amide bonds. The third kappa shape index (κ3) is 3.54. The van der Waals surface area contributed by atoms with Gasteiger partial charge < -0.3 is 9.64 Å². The van der Waals surface area contributed by atoms with E-state index in [9.17, 15) is 18.0 Å². The Morgan fingerprint density at radius 2 is 1.89 bits per heavy atom. The molecule has 0 N–H and O–H groups in total. The first-order valence-corrected chi connectivity index (χ1v) is 10.8. The van der Waals surface area contributed by atoms with E-state index in [4.69, 9.17) is 4.74 Å². The van der Waals surface area contributed by atoms with E-state index < -0.39 is 15.3 Å². The Hall–Kier alpha value is -2.30. The Morgan fingerprint density at radius 1 is 1.18 bits per heavy atom. The Kier molecular flexibility index (Phi) is 5.17. The summed E-state index contributed by atoms with van der Waals surface area (Å²) in [5.74, 6) is -0.113. The number of benzene rings is 1. The van der Waals surface area contributed by atoms with Crippen molar-refractivity contribution in [1.82, 2.24) is 19.0 Å². The molecule has 2 aromatic rings. The number of para-hydroxylation sites is 1. The Morgan fingerprint density at radius 3 is 2.64 bits per heavy atom. The Balaban J connectivity index is 1.35. The second-order valence-electron chi connectivity index (χ2n) is 6.98. The number of amides is 1. The maximum absolute atomic E-state index is 12.6. The topological polar surface area (TPSA) is 102 Å². The number of likely N-dealkylation sites (tertiary alicyclic amines) is 1. The molecule has 0 aliphatic carbocycles. The molecule has 4 rings (SSSR count). The molecule has 0 radical (unpaired) electrons. The minimum Gasteiger partial charge on any atom is -0.379 e. The fourth-order valence-electron chi connectivity index (χ4n) is 3.54. The summed E-state index contributed by atoms with van der Waals surface area (Å²) in [4.78, 5) is 25.9. The average Bonchev–Trinajstić information content (AvgIpc) is 2.67. The number of hydrogen-bond donors (Lipinski definition) is 0. The Bertz CT molecular complexity index is 1040. The van der Waals surface area contributed by atoms with Gasteiger partial charge in [0.1, 0.15) is 5.25 Å². The van der Waals surface area contributed by atoms with Gasteiger partial charge in [-0.05, 0) is 12.1 Å². The average molecular weight is 406 g/mol. The molecular formula is C18H22N4O5S. The van der Waals surface area contributed by atoms with Crippen molar-refractivity contribution in [1.29, 1.82) is 0 Å². The van der Waals surface area contributed by atoms with Crippen molar-refractivity contribution in [3.05, 3.63) is 40.7 Å². The molecule has 0 bridgehead atoms. The molecule has 0 saturated carbocycles. The van der Waals surface area contributed by atoms with Crippen LogP contribution in [-0.2, 0) is 26.1 Å². The van der Waals surface area contributed by atoms with Crippen molar-refractivity contribution in [3.8, 4) is 0 Å². The van der Waals surface area contributed by atoms with E-state index >= 15 is 0 Å². The number of carbonyl (C=O) groups is 1. The van der Waals surface area contributed by atoms with Crippen LogP contribution in [0.2, 0.25) is 0 Å². The van der Waals surface area contributed by atoms with Gasteiger partial charge in [-0.3, -0.25) is 14.3 Å². The lowest BCUT2D eigenvalue weighted by atomic mass is 10.2. The molecule has 150 valence electrons. The number of aromatic nitrogens is 2. The lowest BCUT2D eigenvalue weighted by Crippen LogP contribution is -2.61. The van der Waals surface area contributed by atoms with Crippen LogP contribution in [0.1, 0.15) is 6.42 Å². The van der Waals surface area contributed by atoms with Gasteiger partial charge in [-0.15, -0.1) is 0 Å². The van der Waals surface area contributed by atoms with E-state index in [1.54, 1.807) is 27.8 Å². The molecule has 1 aromatic carbocycles. The van der Waals surface area contributed by atoms with Crippen LogP contribution in [0.5, 0.6) is 0 Å². The third-order valence-electron chi connectivity index (χ3n) is 5.25. The molecule has 2 aliphatic heterocycles. The molecule has 2 fully saturated rings. The fraction of sp³-hybridized carbons (Fsp3) is 0.500. The first-order chi connectivity index (χ1) is 13.5. The van der Waals surface area contributed by atoms with Gasteiger partial charge in [0.25, 0.3) is 0 Å². The molecule has 1 aromatic heterocycles. The minimum absolute atomic E-state index is 0.113. The van der Waals surface area contributed by atoms with Gasteiger partial charge in [-0.1, -0.05) is 12.1 Å². The molecule has 28 heavy (non-hydrogen) atoms. The summed E-state index contributed by atoms with van der Waals surface area (Å²) in [6.45, 7) is 2.34. The second kappa shape index (κ2) is 7.61. The minimum atomic E-state index is -3.39.